The molecule has 0 aliphatic heterocycles. The predicted molar refractivity (Wildman–Crippen MR) is 93.4 cm³/mol. The molecule has 1 heterocycles. The normalized spacial score (nSPS) is 11.9. The molecule has 0 spiro atoms. The fraction of sp³-hybridized carbons (Fsp3) is 0.429. The Morgan fingerprint density at radius 3 is 2.71 bits per heavy atom. The lowest BCUT2D eigenvalue weighted by atomic mass is 10.3. The minimum absolute atomic E-state index is 0.0411. The number of nitrogens with zero attached hydrogens (tertiary/aromatic N) is 3. The Kier molecular flexibility index (Phi) is 5.68. The number of aromatic amines is 1. The first-order valence-electron chi connectivity index (χ1n) is 7.22. The van der Waals surface area contributed by atoms with Crippen molar-refractivity contribution in [1.82, 2.24) is 24.5 Å². The average molecular weight is 374 g/mol. The molecule has 2 aromatic rings. The first-order valence-corrected chi connectivity index (χ1v) is 9.21. The first kappa shape index (κ1) is 18.5. The molecule has 2 rings (SSSR count). The largest absolute Gasteiger partial charge is 0.340 e. The number of hydrogen-bond donors (Lipinski definition) is 2. The summed E-state index contributed by atoms with van der Waals surface area (Å²) in [6.07, 6.45) is 0. The third-order valence-corrected chi connectivity index (χ3v) is 5.49. The molecule has 0 aliphatic rings. The van der Waals surface area contributed by atoms with E-state index >= 15 is 0 Å². The second-order valence-electron chi connectivity index (χ2n) is 5.53. The summed E-state index contributed by atoms with van der Waals surface area (Å²) in [6.45, 7) is 0.304. The Morgan fingerprint density at radius 2 is 2.04 bits per heavy atom. The maximum absolute atomic E-state index is 12.0. The molecule has 132 valence electrons. The molecule has 0 unspecified atom stereocenters. The molecule has 24 heavy (non-hydrogen) atoms. The van der Waals surface area contributed by atoms with Crippen LogP contribution in [-0.4, -0.2) is 67.1 Å². The van der Waals surface area contributed by atoms with Crippen LogP contribution in [-0.2, 0) is 16.6 Å². The molecule has 0 atom stereocenters. The molecule has 0 radical (unpaired) electrons. The molecular weight excluding hydrogens is 354 g/mol. The van der Waals surface area contributed by atoms with Crippen LogP contribution in [0.15, 0.2) is 18.2 Å². The Balaban J connectivity index is 1.91. The molecule has 0 aliphatic carbocycles. The van der Waals surface area contributed by atoms with E-state index in [0.29, 0.717) is 10.8 Å². The second kappa shape index (κ2) is 7.37. The zero-order valence-corrected chi connectivity index (χ0v) is 15.3. The highest BCUT2D eigenvalue weighted by Crippen LogP contribution is 2.17. The van der Waals surface area contributed by atoms with E-state index in [2.05, 4.69) is 15.3 Å². The van der Waals surface area contributed by atoms with Gasteiger partial charge in [-0.1, -0.05) is 11.6 Å². The van der Waals surface area contributed by atoms with E-state index in [1.165, 1.54) is 19.0 Å². The minimum Gasteiger partial charge on any atom is -0.340 e. The molecule has 1 aromatic carbocycles. The number of aromatic nitrogens is 2. The zero-order valence-electron chi connectivity index (χ0n) is 13.7. The number of amides is 2. The van der Waals surface area contributed by atoms with Gasteiger partial charge in [0.05, 0.1) is 23.3 Å². The maximum Gasteiger partial charge on any atom is 0.317 e. The van der Waals surface area contributed by atoms with Crippen LogP contribution >= 0.6 is 11.6 Å². The molecule has 0 bridgehead atoms. The number of rotatable bonds is 6. The van der Waals surface area contributed by atoms with Gasteiger partial charge in [-0.2, -0.15) is 0 Å². The lowest BCUT2D eigenvalue weighted by molar-refractivity contribution is 0.206. The predicted octanol–water partition coefficient (Wildman–Crippen LogP) is 1.25. The average Bonchev–Trinajstić information content (AvgIpc) is 2.87. The van der Waals surface area contributed by atoms with Gasteiger partial charge in [-0.05, 0) is 18.2 Å². The number of sulfonamides is 1. The Labute approximate surface area is 145 Å². The number of carbonyl (C=O) groups excluding carboxylic acids is 1. The fourth-order valence-corrected chi connectivity index (χ4v) is 2.91. The number of hydrogen-bond acceptors (Lipinski definition) is 4. The SMILES string of the molecule is CN(Cc1nc2ccc(Cl)cc2[nH]1)C(=O)NCCS(=O)(=O)N(C)C. The molecule has 2 N–H and O–H groups in total. The van der Waals surface area contributed by atoms with Crippen molar-refractivity contribution in [3.8, 4) is 0 Å². The van der Waals surface area contributed by atoms with Crippen LogP contribution in [0, 0.1) is 0 Å². The summed E-state index contributed by atoms with van der Waals surface area (Å²) in [4.78, 5) is 20.9. The van der Waals surface area contributed by atoms with Crippen LogP contribution in [0.4, 0.5) is 4.79 Å². The van der Waals surface area contributed by atoms with Crippen LogP contribution in [0.5, 0.6) is 0 Å². The van der Waals surface area contributed by atoms with Crippen LogP contribution in [0.1, 0.15) is 5.82 Å². The van der Waals surface area contributed by atoms with Crippen LogP contribution in [0.2, 0.25) is 5.02 Å². The summed E-state index contributed by atoms with van der Waals surface area (Å²) in [5.74, 6) is 0.466. The highest BCUT2D eigenvalue weighted by Gasteiger charge is 2.16. The third-order valence-electron chi connectivity index (χ3n) is 3.42. The quantitative estimate of drug-likeness (QED) is 0.796. The highest BCUT2D eigenvalue weighted by atomic mass is 35.5. The monoisotopic (exact) mass is 373 g/mol. The molecule has 0 saturated carbocycles. The summed E-state index contributed by atoms with van der Waals surface area (Å²) >= 11 is 5.93. The van der Waals surface area contributed by atoms with E-state index in [1.807, 2.05) is 0 Å². The molecule has 8 nitrogen and oxygen atoms in total. The van der Waals surface area contributed by atoms with Crippen molar-refractivity contribution < 1.29 is 13.2 Å². The molecule has 10 heteroatoms. The maximum atomic E-state index is 12.0. The Morgan fingerprint density at radius 1 is 1.33 bits per heavy atom. The van der Waals surface area contributed by atoms with Gasteiger partial charge >= 0.3 is 6.03 Å². The van der Waals surface area contributed by atoms with Crippen molar-refractivity contribution in [3.63, 3.8) is 0 Å². The minimum atomic E-state index is -3.33. The summed E-state index contributed by atoms with van der Waals surface area (Å²) in [5.41, 5.74) is 1.56. The van der Waals surface area contributed by atoms with E-state index in [-0.39, 0.29) is 24.9 Å². The highest BCUT2D eigenvalue weighted by molar-refractivity contribution is 7.89. The molecule has 0 saturated heterocycles. The summed E-state index contributed by atoms with van der Waals surface area (Å²) in [5, 5.41) is 3.18. The van der Waals surface area contributed by atoms with Gasteiger partial charge in [0.15, 0.2) is 0 Å². The van der Waals surface area contributed by atoms with Crippen molar-refractivity contribution >= 4 is 38.7 Å². The van der Waals surface area contributed by atoms with Gasteiger partial charge in [0.1, 0.15) is 5.82 Å². The number of carbonyl (C=O) groups is 1. The van der Waals surface area contributed by atoms with Gasteiger partial charge in [0, 0.05) is 32.7 Å². The number of halogens is 1. The summed E-state index contributed by atoms with van der Waals surface area (Å²) < 4.78 is 24.4. The standard InChI is InChI=1S/C14H20ClN5O3S/c1-19(2)24(22,23)7-6-16-14(21)20(3)9-13-17-11-5-4-10(15)8-12(11)18-13/h4-5,8H,6-7,9H2,1-3H3,(H,16,21)(H,17,18). The van der Waals surface area contributed by atoms with Gasteiger partial charge < -0.3 is 15.2 Å². The zero-order chi connectivity index (χ0) is 17.9. The third kappa shape index (κ3) is 4.59. The summed E-state index contributed by atoms with van der Waals surface area (Å²) in [6, 6.07) is 4.93. The number of imidazole rings is 1. The Bertz CT molecular complexity index is 834. The molecule has 2 amide bonds. The van der Waals surface area contributed by atoms with Crippen molar-refractivity contribution in [1.29, 1.82) is 0 Å². The van der Waals surface area contributed by atoms with E-state index in [0.717, 1.165) is 15.3 Å². The van der Waals surface area contributed by atoms with Crippen molar-refractivity contribution in [2.75, 3.05) is 33.4 Å². The topological polar surface area (TPSA) is 98.4 Å². The Hall–Kier alpha value is -1.84. The van der Waals surface area contributed by atoms with Gasteiger partial charge in [-0.3, -0.25) is 0 Å². The number of urea groups is 1. The number of fused-ring (bicyclic) bond motifs is 1. The van der Waals surface area contributed by atoms with Gasteiger partial charge in [0.2, 0.25) is 10.0 Å². The van der Waals surface area contributed by atoms with Crippen molar-refractivity contribution in [2.45, 2.75) is 6.54 Å². The number of benzene rings is 1. The van der Waals surface area contributed by atoms with E-state index in [1.54, 1.807) is 25.2 Å². The number of nitrogens with one attached hydrogen (secondary N) is 2. The van der Waals surface area contributed by atoms with E-state index < -0.39 is 10.0 Å². The van der Waals surface area contributed by atoms with Gasteiger partial charge in [-0.25, -0.2) is 22.5 Å². The smallest absolute Gasteiger partial charge is 0.317 e. The van der Waals surface area contributed by atoms with Crippen molar-refractivity contribution in [2.24, 2.45) is 0 Å². The molecule has 0 fully saturated rings. The molecular formula is C14H20ClN5O3S. The second-order valence-corrected chi connectivity index (χ2v) is 8.27. The summed E-state index contributed by atoms with van der Waals surface area (Å²) in [7, 11) is 1.19. The van der Waals surface area contributed by atoms with Crippen LogP contribution < -0.4 is 5.32 Å². The lowest BCUT2D eigenvalue weighted by Gasteiger charge is -2.17. The number of H-pyrrole nitrogens is 1. The van der Waals surface area contributed by atoms with E-state index in [9.17, 15) is 13.2 Å². The van der Waals surface area contributed by atoms with Crippen LogP contribution in [0.3, 0.4) is 0 Å². The fourth-order valence-electron chi connectivity index (χ4n) is 2.01. The van der Waals surface area contributed by atoms with Gasteiger partial charge in [0.25, 0.3) is 0 Å². The van der Waals surface area contributed by atoms with Crippen molar-refractivity contribution in [3.05, 3.63) is 29.0 Å². The van der Waals surface area contributed by atoms with E-state index in [4.69, 9.17) is 11.6 Å². The van der Waals surface area contributed by atoms with Crippen LogP contribution in [0.25, 0.3) is 11.0 Å². The van der Waals surface area contributed by atoms with Gasteiger partial charge in [-0.15, -0.1) is 0 Å². The lowest BCUT2D eigenvalue weighted by Crippen LogP contribution is -2.40. The molecule has 1 aromatic heterocycles. The first-order chi connectivity index (χ1) is 11.2.